The maximum absolute atomic E-state index is 5.99. The van der Waals surface area contributed by atoms with Crippen LogP contribution in [0.2, 0.25) is 0 Å². The molecule has 2 fully saturated rings. The van der Waals surface area contributed by atoms with Gasteiger partial charge in [0.2, 0.25) is 0 Å². The Balaban J connectivity index is 1.93. The normalized spacial score (nSPS) is 29.9. The van der Waals surface area contributed by atoms with E-state index in [1.165, 1.54) is 31.5 Å². The lowest BCUT2D eigenvalue weighted by Crippen LogP contribution is -2.32. The molecule has 74 valence electrons. The first kappa shape index (κ1) is 8.16. The zero-order valence-electron chi connectivity index (χ0n) is 8.32. The van der Waals surface area contributed by atoms with Gasteiger partial charge in [-0.3, -0.25) is 0 Å². The van der Waals surface area contributed by atoms with E-state index in [1.807, 2.05) is 12.1 Å². The lowest BCUT2D eigenvalue weighted by atomic mass is 10.1. The van der Waals surface area contributed by atoms with Crippen molar-refractivity contribution in [1.29, 1.82) is 0 Å². The number of rotatable bonds is 1. The summed E-state index contributed by atoms with van der Waals surface area (Å²) in [6.45, 7) is 1.22. The van der Waals surface area contributed by atoms with Crippen molar-refractivity contribution in [2.45, 2.75) is 25.3 Å². The van der Waals surface area contributed by atoms with E-state index in [2.05, 4.69) is 17.0 Å². The molecule has 1 saturated carbocycles. The average molecular weight is 188 g/mol. The van der Waals surface area contributed by atoms with E-state index >= 15 is 0 Å². The van der Waals surface area contributed by atoms with Crippen molar-refractivity contribution in [2.75, 3.05) is 17.2 Å². The molecule has 2 atom stereocenters. The number of anilines is 2. The van der Waals surface area contributed by atoms with E-state index in [9.17, 15) is 0 Å². The highest BCUT2D eigenvalue weighted by molar-refractivity contribution is 5.68. The van der Waals surface area contributed by atoms with Crippen LogP contribution in [0, 0.1) is 5.92 Å². The minimum Gasteiger partial charge on any atom is -0.397 e. The lowest BCUT2D eigenvalue weighted by Gasteiger charge is -2.30. The minimum absolute atomic E-state index is 0.768. The van der Waals surface area contributed by atoms with E-state index in [0.717, 1.165) is 17.6 Å². The molecule has 2 aliphatic rings. The van der Waals surface area contributed by atoms with Crippen LogP contribution >= 0.6 is 0 Å². The lowest BCUT2D eigenvalue weighted by molar-refractivity contribution is 0.554. The number of piperidine rings is 1. The van der Waals surface area contributed by atoms with Crippen LogP contribution in [-0.2, 0) is 0 Å². The highest BCUT2D eigenvalue weighted by atomic mass is 15.2. The van der Waals surface area contributed by atoms with Gasteiger partial charge < -0.3 is 10.6 Å². The van der Waals surface area contributed by atoms with Crippen LogP contribution in [0.1, 0.15) is 19.3 Å². The molecule has 1 aliphatic heterocycles. The van der Waals surface area contributed by atoms with Crippen molar-refractivity contribution in [3.63, 3.8) is 0 Å². The number of hydrogen-bond donors (Lipinski definition) is 1. The Morgan fingerprint density at radius 1 is 1.21 bits per heavy atom. The first-order chi connectivity index (χ1) is 6.84. The second-order valence-corrected chi connectivity index (χ2v) is 4.54. The number of para-hydroxylation sites is 2. The van der Waals surface area contributed by atoms with Crippen molar-refractivity contribution in [3.05, 3.63) is 24.3 Å². The van der Waals surface area contributed by atoms with Crippen LogP contribution in [0.3, 0.4) is 0 Å². The molecule has 1 saturated heterocycles. The average Bonchev–Trinajstić information content (AvgIpc) is 2.79. The summed E-state index contributed by atoms with van der Waals surface area (Å²) in [7, 11) is 0. The third kappa shape index (κ3) is 1.10. The van der Waals surface area contributed by atoms with Gasteiger partial charge in [0.1, 0.15) is 0 Å². The molecule has 0 spiro atoms. The zero-order valence-corrected chi connectivity index (χ0v) is 8.32. The Labute approximate surface area is 84.7 Å². The summed E-state index contributed by atoms with van der Waals surface area (Å²) in [4.78, 5) is 2.50. The third-order valence-electron chi connectivity index (χ3n) is 3.66. The van der Waals surface area contributed by atoms with Crippen LogP contribution in [0.4, 0.5) is 11.4 Å². The predicted molar refractivity (Wildman–Crippen MR) is 59.3 cm³/mol. The topological polar surface area (TPSA) is 29.3 Å². The molecule has 1 heterocycles. The maximum Gasteiger partial charge on any atom is 0.0602 e. The number of nitrogen functional groups attached to an aromatic ring is 1. The fourth-order valence-corrected chi connectivity index (χ4v) is 2.97. The van der Waals surface area contributed by atoms with E-state index in [0.29, 0.717) is 0 Å². The Kier molecular flexibility index (Phi) is 1.69. The second kappa shape index (κ2) is 2.91. The third-order valence-corrected chi connectivity index (χ3v) is 3.66. The number of fused-ring (bicyclic) bond motifs is 2. The Morgan fingerprint density at radius 2 is 2.07 bits per heavy atom. The van der Waals surface area contributed by atoms with Crippen LogP contribution in [-0.4, -0.2) is 12.6 Å². The maximum atomic E-state index is 5.99. The molecular formula is C12H16N2. The zero-order chi connectivity index (χ0) is 9.54. The molecule has 2 bridgehead atoms. The first-order valence-corrected chi connectivity index (χ1v) is 5.46. The van der Waals surface area contributed by atoms with E-state index < -0.39 is 0 Å². The van der Waals surface area contributed by atoms with Gasteiger partial charge in [-0.2, -0.15) is 0 Å². The molecule has 0 aromatic heterocycles. The van der Waals surface area contributed by atoms with E-state index in [-0.39, 0.29) is 0 Å². The van der Waals surface area contributed by atoms with Crippen molar-refractivity contribution in [2.24, 2.45) is 5.92 Å². The molecule has 0 amide bonds. The number of hydrogen-bond acceptors (Lipinski definition) is 2. The molecule has 2 N–H and O–H groups in total. The second-order valence-electron chi connectivity index (χ2n) is 4.54. The van der Waals surface area contributed by atoms with Crippen molar-refractivity contribution < 1.29 is 0 Å². The molecular weight excluding hydrogens is 172 g/mol. The number of nitrogens with zero attached hydrogens (tertiary/aromatic N) is 1. The molecule has 2 nitrogen and oxygen atoms in total. The van der Waals surface area contributed by atoms with Crippen LogP contribution in [0.15, 0.2) is 24.3 Å². The van der Waals surface area contributed by atoms with Crippen LogP contribution in [0.5, 0.6) is 0 Å². The fraction of sp³-hybridized carbons (Fsp3) is 0.500. The molecule has 1 aromatic rings. The summed E-state index contributed by atoms with van der Waals surface area (Å²) in [5.41, 5.74) is 8.17. The molecule has 2 unspecified atom stereocenters. The Hall–Kier alpha value is -1.18. The standard InChI is InChI=1S/C12H16N2/c13-11-3-1-2-4-12(11)14-8-9-5-6-10(14)7-9/h1-4,9-10H,5-8,13H2. The van der Waals surface area contributed by atoms with Gasteiger partial charge in [0, 0.05) is 12.6 Å². The van der Waals surface area contributed by atoms with Gasteiger partial charge >= 0.3 is 0 Å². The summed E-state index contributed by atoms with van der Waals surface area (Å²) in [6.07, 6.45) is 4.17. The van der Waals surface area contributed by atoms with Crippen LogP contribution < -0.4 is 10.6 Å². The largest absolute Gasteiger partial charge is 0.397 e. The van der Waals surface area contributed by atoms with Crippen molar-refractivity contribution in [3.8, 4) is 0 Å². The summed E-state index contributed by atoms with van der Waals surface area (Å²) >= 11 is 0. The predicted octanol–water partition coefficient (Wildman–Crippen LogP) is 2.26. The quantitative estimate of drug-likeness (QED) is 0.685. The smallest absolute Gasteiger partial charge is 0.0602 e. The Bertz CT molecular complexity index is 348. The number of nitrogens with two attached hydrogens (primary N) is 1. The highest BCUT2D eigenvalue weighted by Gasteiger charge is 2.38. The van der Waals surface area contributed by atoms with Gasteiger partial charge in [-0.05, 0) is 37.3 Å². The number of benzene rings is 1. The molecule has 1 aromatic carbocycles. The summed E-state index contributed by atoms with van der Waals surface area (Å²) in [5.74, 6) is 0.930. The SMILES string of the molecule is Nc1ccccc1N1CC2CCC1C2. The van der Waals surface area contributed by atoms with Gasteiger partial charge in [-0.25, -0.2) is 0 Å². The van der Waals surface area contributed by atoms with Gasteiger partial charge in [0.05, 0.1) is 11.4 Å². The van der Waals surface area contributed by atoms with Gasteiger partial charge in [-0.1, -0.05) is 12.1 Å². The molecule has 2 heteroatoms. The van der Waals surface area contributed by atoms with Crippen molar-refractivity contribution >= 4 is 11.4 Å². The molecule has 0 radical (unpaired) electrons. The van der Waals surface area contributed by atoms with E-state index in [4.69, 9.17) is 5.73 Å². The molecule has 14 heavy (non-hydrogen) atoms. The van der Waals surface area contributed by atoms with Gasteiger partial charge in [0.25, 0.3) is 0 Å². The Morgan fingerprint density at radius 3 is 2.71 bits per heavy atom. The summed E-state index contributed by atoms with van der Waals surface area (Å²) in [6, 6.07) is 9.01. The van der Waals surface area contributed by atoms with E-state index in [1.54, 1.807) is 0 Å². The van der Waals surface area contributed by atoms with Gasteiger partial charge in [0.15, 0.2) is 0 Å². The first-order valence-electron chi connectivity index (χ1n) is 5.46. The summed E-state index contributed by atoms with van der Waals surface area (Å²) < 4.78 is 0. The fourth-order valence-electron chi connectivity index (χ4n) is 2.97. The monoisotopic (exact) mass is 188 g/mol. The molecule has 1 aliphatic carbocycles. The van der Waals surface area contributed by atoms with Crippen LogP contribution in [0.25, 0.3) is 0 Å². The summed E-state index contributed by atoms with van der Waals surface area (Å²) in [5, 5.41) is 0. The molecule has 3 rings (SSSR count). The van der Waals surface area contributed by atoms with Gasteiger partial charge in [-0.15, -0.1) is 0 Å². The highest BCUT2D eigenvalue weighted by Crippen LogP contribution is 2.41. The minimum atomic E-state index is 0.768. The van der Waals surface area contributed by atoms with Crippen molar-refractivity contribution in [1.82, 2.24) is 0 Å².